The highest BCUT2D eigenvalue weighted by molar-refractivity contribution is 5.73. The van der Waals surface area contributed by atoms with Crippen LogP contribution in [0.5, 0.6) is 0 Å². The van der Waals surface area contributed by atoms with Crippen molar-refractivity contribution in [1.82, 2.24) is 5.32 Å². The highest BCUT2D eigenvalue weighted by atomic mass is 16.1. The molecule has 1 aromatic carbocycles. The van der Waals surface area contributed by atoms with E-state index in [1.807, 2.05) is 44.2 Å². The summed E-state index contributed by atoms with van der Waals surface area (Å²) in [5, 5.41) is 11.4. The van der Waals surface area contributed by atoms with Gasteiger partial charge in [-0.3, -0.25) is 4.79 Å². The number of carbonyl (C=O) groups excluding carboxylic acids is 1. The molecule has 0 saturated carbocycles. The van der Waals surface area contributed by atoms with Gasteiger partial charge in [-0.1, -0.05) is 44.2 Å². The van der Waals surface area contributed by atoms with Crippen molar-refractivity contribution in [3.63, 3.8) is 0 Å². The molecule has 1 rings (SSSR count). The van der Waals surface area contributed by atoms with Crippen molar-refractivity contribution in [2.24, 2.45) is 0 Å². The minimum atomic E-state index is -0.0915. The third-order valence-corrected chi connectivity index (χ3v) is 2.07. The fraction of sp³-hybridized carbons (Fsp3) is 0.429. The van der Waals surface area contributed by atoms with Gasteiger partial charge in [-0.2, -0.15) is 5.26 Å². The fourth-order valence-corrected chi connectivity index (χ4v) is 1.47. The van der Waals surface area contributed by atoms with Gasteiger partial charge in [0.1, 0.15) is 0 Å². The maximum absolute atomic E-state index is 10.9. The molecular formula is C14H20N2O. The SMILES string of the molecule is CC.CC(=O)NC(CC#N)Cc1ccccc1. The summed E-state index contributed by atoms with van der Waals surface area (Å²) in [5.74, 6) is -0.0915. The smallest absolute Gasteiger partial charge is 0.217 e. The maximum Gasteiger partial charge on any atom is 0.217 e. The normalized spacial score (nSPS) is 10.5. The second kappa shape index (κ2) is 9.41. The van der Waals surface area contributed by atoms with Crippen LogP contribution in [0.25, 0.3) is 0 Å². The minimum absolute atomic E-state index is 0.0881. The molecule has 17 heavy (non-hydrogen) atoms. The number of nitrogens with zero attached hydrogens (tertiary/aromatic N) is 1. The van der Waals surface area contributed by atoms with Crippen LogP contribution >= 0.6 is 0 Å². The lowest BCUT2D eigenvalue weighted by atomic mass is 10.0. The Kier molecular flexibility index (Phi) is 8.40. The lowest BCUT2D eigenvalue weighted by Gasteiger charge is -2.14. The summed E-state index contributed by atoms with van der Waals surface area (Å²) >= 11 is 0. The predicted octanol–water partition coefficient (Wildman–Crippen LogP) is 2.67. The summed E-state index contributed by atoms with van der Waals surface area (Å²) in [5.41, 5.74) is 1.13. The van der Waals surface area contributed by atoms with Gasteiger partial charge in [0.2, 0.25) is 5.91 Å². The Morgan fingerprint density at radius 1 is 1.35 bits per heavy atom. The molecule has 92 valence electrons. The van der Waals surface area contributed by atoms with Gasteiger partial charge >= 0.3 is 0 Å². The fourth-order valence-electron chi connectivity index (χ4n) is 1.47. The van der Waals surface area contributed by atoms with Crippen molar-refractivity contribution in [2.75, 3.05) is 0 Å². The minimum Gasteiger partial charge on any atom is -0.352 e. The number of nitriles is 1. The molecule has 0 radical (unpaired) electrons. The molecule has 0 heterocycles. The molecule has 1 amide bonds. The van der Waals surface area contributed by atoms with Gasteiger partial charge < -0.3 is 5.32 Å². The molecule has 0 aliphatic carbocycles. The zero-order valence-corrected chi connectivity index (χ0v) is 10.7. The van der Waals surface area contributed by atoms with Gasteiger partial charge in [0, 0.05) is 13.0 Å². The first-order valence-electron chi connectivity index (χ1n) is 5.90. The van der Waals surface area contributed by atoms with E-state index in [1.165, 1.54) is 6.92 Å². The quantitative estimate of drug-likeness (QED) is 0.867. The van der Waals surface area contributed by atoms with E-state index in [0.717, 1.165) is 5.56 Å². The Morgan fingerprint density at radius 3 is 2.41 bits per heavy atom. The number of hydrogen-bond acceptors (Lipinski definition) is 2. The molecular weight excluding hydrogens is 212 g/mol. The van der Waals surface area contributed by atoms with Gasteiger partial charge in [0.25, 0.3) is 0 Å². The lowest BCUT2D eigenvalue weighted by Crippen LogP contribution is -2.34. The van der Waals surface area contributed by atoms with E-state index in [9.17, 15) is 4.79 Å². The Bertz CT molecular complexity index is 354. The predicted molar refractivity (Wildman–Crippen MR) is 69.3 cm³/mol. The summed E-state index contributed by atoms with van der Waals surface area (Å²) in [4.78, 5) is 10.9. The van der Waals surface area contributed by atoms with Crippen molar-refractivity contribution in [1.29, 1.82) is 5.26 Å². The third-order valence-electron chi connectivity index (χ3n) is 2.07. The number of benzene rings is 1. The summed E-state index contributed by atoms with van der Waals surface area (Å²) in [6.07, 6.45) is 1.04. The largest absolute Gasteiger partial charge is 0.352 e. The van der Waals surface area contributed by atoms with Crippen LogP contribution in [-0.2, 0) is 11.2 Å². The Morgan fingerprint density at radius 2 is 1.94 bits per heavy atom. The molecule has 1 atom stereocenters. The van der Waals surface area contributed by atoms with Gasteiger partial charge in [0.15, 0.2) is 0 Å². The van der Waals surface area contributed by atoms with Crippen molar-refractivity contribution >= 4 is 5.91 Å². The lowest BCUT2D eigenvalue weighted by molar-refractivity contribution is -0.119. The van der Waals surface area contributed by atoms with E-state index in [0.29, 0.717) is 12.8 Å². The first-order valence-corrected chi connectivity index (χ1v) is 5.90. The van der Waals surface area contributed by atoms with Gasteiger partial charge in [-0.25, -0.2) is 0 Å². The van der Waals surface area contributed by atoms with Crippen molar-refractivity contribution in [3.05, 3.63) is 35.9 Å². The number of nitrogens with one attached hydrogen (secondary N) is 1. The van der Waals surface area contributed by atoms with E-state index in [-0.39, 0.29) is 11.9 Å². The highest BCUT2D eigenvalue weighted by Gasteiger charge is 2.09. The second-order valence-electron chi connectivity index (χ2n) is 3.45. The number of rotatable bonds is 4. The summed E-state index contributed by atoms with van der Waals surface area (Å²) in [6.45, 7) is 5.47. The molecule has 0 saturated heterocycles. The number of amides is 1. The van der Waals surface area contributed by atoms with E-state index in [2.05, 4.69) is 11.4 Å². The molecule has 3 nitrogen and oxygen atoms in total. The second-order valence-corrected chi connectivity index (χ2v) is 3.45. The Balaban J connectivity index is 0.00000121. The van der Waals surface area contributed by atoms with Crippen LogP contribution in [0, 0.1) is 11.3 Å². The highest BCUT2D eigenvalue weighted by Crippen LogP contribution is 2.05. The summed E-state index contributed by atoms with van der Waals surface area (Å²) in [6, 6.07) is 11.8. The van der Waals surface area contributed by atoms with Crippen LogP contribution in [0.2, 0.25) is 0 Å². The molecule has 0 spiro atoms. The molecule has 1 unspecified atom stereocenters. The molecule has 0 fully saturated rings. The standard InChI is InChI=1S/C12H14N2O.C2H6/c1-10(15)14-12(7-8-13)9-11-5-3-2-4-6-11;1-2/h2-6,12H,7,9H2,1H3,(H,14,15);1-2H3. The van der Waals surface area contributed by atoms with E-state index in [1.54, 1.807) is 0 Å². The van der Waals surface area contributed by atoms with Crippen LogP contribution in [0.3, 0.4) is 0 Å². The third kappa shape index (κ3) is 7.13. The number of hydrogen-bond donors (Lipinski definition) is 1. The van der Waals surface area contributed by atoms with E-state index >= 15 is 0 Å². The zero-order chi connectivity index (χ0) is 13.1. The zero-order valence-electron chi connectivity index (χ0n) is 10.7. The van der Waals surface area contributed by atoms with Crippen LogP contribution in [0.4, 0.5) is 0 Å². The van der Waals surface area contributed by atoms with Gasteiger partial charge in [-0.05, 0) is 12.0 Å². The first-order chi connectivity index (χ1) is 8.22. The van der Waals surface area contributed by atoms with E-state index < -0.39 is 0 Å². The molecule has 0 aliphatic rings. The van der Waals surface area contributed by atoms with Crippen LogP contribution in [0.15, 0.2) is 30.3 Å². The van der Waals surface area contributed by atoms with Crippen LogP contribution in [0.1, 0.15) is 32.8 Å². The maximum atomic E-state index is 10.9. The Hall–Kier alpha value is -1.82. The molecule has 0 aromatic heterocycles. The molecule has 0 aliphatic heterocycles. The van der Waals surface area contributed by atoms with Crippen molar-refractivity contribution in [3.8, 4) is 6.07 Å². The summed E-state index contributed by atoms with van der Waals surface area (Å²) < 4.78 is 0. The summed E-state index contributed by atoms with van der Waals surface area (Å²) in [7, 11) is 0. The van der Waals surface area contributed by atoms with Crippen molar-refractivity contribution < 1.29 is 4.79 Å². The molecule has 1 aromatic rings. The van der Waals surface area contributed by atoms with E-state index in [4.69, 9.17) is 5.26 Å². The van der Waals surface area contributed by atoms with Gasteiger partial charge in [0.05, 0.1) is 12.5 Å². The average molecular weight is 232 g/mol. The molecule has 0 bridgehead atoms. The van der Waals surface area contributed by atoms with Crippen LogP contribution in [-0.4, -0.2) is 11.9 Å². The average Bonchev–Trinajstić information content (AvgIpc) is 2.32. The molecule has 1 N–H and O–H groups in total. The van der Waals surface area contributed by atoms with Gasteiger partial charge in [-0.15, -0.1) is 0 Å². The monoisotopic (exact) mass is 232 g/mol. The topological polar surface area (TPSA) is 52.9 Å². The van der Waals surface area contributed by atoms with Crippen molar-refractivity contribution in [2.45, 2.75) is 39.7 Å². The number of carbonyl (C=O) groups is 1. The Labute approximate surface area is 103 Å². The van der Waals surface area contributed by atoms with Crippen LogP contribution < -0.4 is 5.32 Å². The molecule has 3 heteroatoms. The first kappa shape index (κ1) is 15.2.